The summed E-state index contributed by atoms with van der Waals surface area (Å²) >= 11 is 0. The van der Waals surface area contributed by atoms with E-state index >= 15 is 0 Å². The maximum absolute atomic E-state index is 13.3. The fraction of sp³-hybridized carbons (Fsp3) is 0.292. The van der Waals surface area contributed by atoms with Crippen LogP contribution in [0, 0.1) is 5.92 Å². The van der Waals surface area contributed by atoms with Crippen LogP contribution in [0.4, 0.5) is 0 Å². The largest absolute Gasteiger partial charge is 0.508 e. The van der Waals surface area contributed by atoms with Gasteiger partial charge in [0.05, 0.1) is 7.11 Å². The van der Waals surface area contributed by atoms with E-state index in [1.807, 2.05) is 24.3 Å². The Balaban J connectivity index is 1.82. The molecule has 3 unspecified atom stereocenters. The first-order valence-corrected chi connectivity index (χ1v) is 9.86. The fourth-order valence-electron chi connectivity index (χ4n) is 4.68. The molecule has 0 amide bonds. The molecule has 1 aliphatic carbocycles. The van der Waals surface area contributed by atoms with Gasteiger partial charge in [-0.1, -0.05) is 30.3 Å². The van der Waals surface area contributed by atoms with Crippen molar-refractivity contribution in [3.63, 3.8) is 0 Å². The summed E-state index contributed by atoms with van der Waals surface area (Å²) in [6.45, 7) is 1.69. The van der Waals surface area contributed by atoms with Gasteiger partial charge in [-0.3, -0.25) is 14.6 Å². The lowest BCUT2D eigenvalue weighted by Crippen LogP contribution is -2.37. The first kappa shape index (κ1) is 19.9. The minimum absolute atomic E-state index is 0.0362. The summed E-state index contributed by atoms with van der Waals surface area (Å²) in [6.07, 6.45) is 0.788. The van der Waals surface area contributed by atoms with Gasteiger partial charge < -0.3 is 14.9 Å². The lowest BCUT2D eigenvalue weighted by atomic mass is 9.69. The number of allylic oxidation sites excluding steroid dienone is 2. The van der Waals surface area contributed by atoms with E-state index in [0.717, 1.165) is 11.3 Å². The Morgan fingerprint density at radius 1 is 1.13 bits per heavy atom. The van der Waals surface area contributed by atoms with Gasteiger partial charge in [0.1, 0.15) is 17.4 Å². The number of aromatic hydroxyl groups is 1. The minimum Gasteiger partial charge on any atom is -0.508 e. The Kier molecular flexibility index (Phi) is 5.16. The molecule has 0 saturated carbocycles. The second-order valence-electron chi connectivity index (χ2n) is 7.77. The number of para-hydroxylation sites is 1. The SMILES string of the molecule is COc1ccccc1C1CC(=O)C2=C(C1)N=C(C)C(C(=O)O)C2c1cccc(O)c1. The highest BCUT2D eigenvalue weighted by Crippen LogP contribution is 2.47. The van der Waals surface area contributed by atoms with Crippen LogP contribution < -0.4 is 4.74 Å². The molecule has 2 aliphatic rings. The topological polar surface area (TPSA) is 96.2 Å². The number of hydrogen-bond acceptors (Lipinski definition) is 5. The molecule has 154 valence electrons. The molecular weight excluding hydrogens is 382 g/mol. The zero-order chi connectivity index (χ0) is 21.4. The number of phenolic OH excluding ortho intramolecular Hbond substituents is 1. The predicted molar refractivity (Wildman–Crippen MR) is 112 cm³/mol. The summed E-state index contributed by atoms with van der Waals surface area (Å²) < 4.78 is 5.47. The van der Waals surface area contributed by atoms with E-state index in [0.29, 0.717) is 29.0 Å². The standard InChI is InChI=1S/C24H23NO5/c1-13-21(24(28)29)22(14-6-5-7-16(26)10-14)23-18(25-13)11-15(12-19(23)27)17-8-3-4-9-20(17)30-2/h3-10,15,21-22,26H,11-12H2,1-2H3,(H,28,29). The van der Waals surface area contributed by atoms with Crippen molar-refractivity contribution in [1.29, 1.82) is 0 Å². The Hall–Kier alpha value is -3.41. The van der Waals surface area contributed by atoms with Crippen molar-refractivity contribution in [2.75, 3.05) is 7.11 Å². The molecule has 1 heterocycles. The van der Waals surface area contributed by atoms with Crippen LogP contribution >= 0.6 is 0 Å². The maximum Gasteiger partial charge on any atom is 0.313 e. The van der Waals surface area contributed by atoms with Crippen molar-refractivity contribution in [1.82, 2.24) is 0 Å². The first-order chi connectivity index (χ1) is 14.4. The van der Waals surface area contributed by atoms with Gasteiger partial charge in [0.15, 0.2) is 5.78 Å². The van der Waals surface area contributed by atoms with E-state index in [2.05, 4.69) is 4.99 Å². The van der Waals surface area contributed by atoms with Crippen LogP contribution in [0.15, 0.2) is 64.8 Å². The zero-order valence-corrected chi connectivity index (χ0v) is 16.8. The molecule has 2 aromatic carbocycles. The summed E-state index contributed by atoms with van der Waals surface area (Å²) in [6, 6.07) is 14.1. The van der Waals surface area contributed by atoms with Gasteiger partial charge >= 0.3 is 5.97 Å². The number of ether oxygens (including phenoxy) is 1. The van der Waals surface area contributed by atoms with Gasteiger partial charge in [-0.15, -0.1) is 0 Å². The molecule has 2 N–H and O–H groups in total. The molecule has 0 radical (unpaired) electrons. The number of ketones is 1. The van der Waals surface area contributed by atoms with Crippen molar-refractivity contribution >= 4 is 17.5 Å². The van der Waals surface area contributed by atoms with E-state index < -0.39 is 17.8 Å². The molecule has 1 aliphatic heterocycles. The Labute approximate surface area is 174 Å². The first-order valence-electron chi connectivity index (χ1n) is 9.86. The average Bonchev–Trinajstić information content (AvgIpc) is 2.72. The molecule has 0 spiro atoms. The van der Waals surface area contributed by atoms with Gasteiger partial charge in [0.2, 0.25) is 0 Å². The molecule has 2 aromatic rings. The Morgan fingerprint density at radius 2 is 1.90 bits per heavy atom. The molecule has 0 aromatic heterocycles. The van der Waals surface area contributed by atoms with E-state index in [1.165, 1.54) is 12.1 Å². The number of methoxy groups -OCH3 is 1. The number of carboxylic acid groups (broad SMARTS) is 1. The average molecular weight is 405 g/mol. The summed E-state index contributed by atoms with van der Waals surface area (Å²) in [5.41, 5.74) is 3.09. The molecule has 30 heavy (non-hydrogen) atoms. The number of nitrogens with zero attached hydrogens (tertiary/aromatic N) is 1. The number of carbonyl (C=O) groups is 2. The van der Waals surface area contributed by atoms with Crippen LogP contribution in [0.2, 0.25) is 0 Å². The van der Waals surface area contributed by atoms with Crippen LogP contribution in [-0.2, 0) is 9.59 Å². The summed E-state index contributed by atoms with van der Waals surface area (Å²) in [7, 11) is 1.60. The van der Waals surface area contributed by atoms with Gasteiger partial charge in [-0.05, 0) is 42.7 Å². The van der Waals surface area contributed by atoms with Gasteiger partial charge in [0, 0.05) is 35.2 Å². The number of aliphatic imine (C=N–C) groups is 1. The third-order valence-electron chi connectivity index (χ3n) is 5.96. The van der Waals surface area contributed by atoms with E-state index in [4.69, 9.17) is 4.74 Å². The van der Waals surface area contributed by atoms with Crippen LogP contribution in [-0.4, -0.2) is 34.8 Å². The third-order valence-corrected chi connectivity index (χ3v) is 5.96. The molecule has 6 nitrogen and oxygen atoms in total. The summed E-state index contributed by atoms with van der Waals surface area (Å²) in [5, 5.41) is 19.8. The molecule has 0 saturated heterocycles. The monoisotopic (exact) mass is 405 g/mol. The highest BCUT2D eigenvalue weighted by molar-refractivity contribution is 6.08. The lowest BCUT2D eigenvalue weighted by molar-refractivity contribution is -0.139. The number of Topliss-reactive ketones (excluding diaryl/α,β-unsaturated/α-hetero) is 1. The molecule has 6 heteroatoms. The number of aliphatic carboxylic acids is 1. The summed E-state index contributed by atoms with van der Waals surface area (Å²) in [5.74, 6) is -2.09. The Morgan fingerprint density at radius 3 is 2.60 bits per heavy atom. The molecule has 0 fully saturated rings. The highest BCUT2D eigenvalue weighted by Gasteiger charge is 2.44. The number of rotatable bonds is 4. The van der Waals surface area contributed by atoms with Crippen LogP contribution in [0.3, 0.4) is 0 Å². The molecule has 4 rings (SSSR count). The van der Waals surface area contributed by atoms with Crippen LogP contribution in [0.1, 0.15) is 42.7 Å². The van der Waals surface area contributed by atoms with E-state index in [1.54, 1.807) is 26.2 Å². The highest BCUT2D eigenvalue weighted by atomic mass is 16.5. The molecule has 0 bridgehead atoms. The van der Waals surface area contributed by atoms with Crippen molar-refractivity contribution < 1.29 is 24.5 Å². The van der Waals surface area contributed by atoms with Crippen molar-refractivity contribution in [2.45, 2.75) is 31.6 Å². The zero-order valence-electron chi connectivity index (χ0n) is 16.8. The second kappa shape index (κ2) is 7.78. The smallest absolute Gasteiger partial charge is 0.313 e. The third kappa shape index (κ3) is 3.38. The maximum atomic E-state index is 13.3. The number of hydrogen-bond donors (Lipinski definition) is 2. The number of carboxylic acids is 1. The van der Waals surface area contributed by atoms with Crippen LogP contribution in [0.5, 0.6) is 11.5 Å². The van der Waals surface area contributed by atoms with Gasteiger partial charge in [-0.2, -0.15) is 0 Å². The molecule has 3 atom stereocenters. The quantitative estimate of drug-likeness (QED) is 0.800. The van der Waals surface area contributed by atoms with Gasteiger partial charge in [0.25, 0.3) is 0 Å². The second-order valence-corrected chi connectivity index (χ2v) is 7.77. The number of phenols is 1. The summed E-state index contributed by atoms with van der Waals surface area (Å²) in [4.78, 5) is 30.0. The number of benzene rings is 2. The predicted octanol–water partition coefficient (Wildman–Crippen LogP) is 4.06. The normalized spacial score (nSPS) is 23.6. The Bertz CT molecular complexity index is 1080. The number of carbonyl (C=O) groups excluding carboxylic acids is 1. The van der Waals surface area contributed by atoms with Crippen molar-refractivity contribution in [3.8, 4) is 11.5 Å². The van der Waals surface area contributed by atoms with Crippen molar-refractivity contribution in [2.24, 2.45) is 10.9 Å². The van der Waals surface area contributed by atoms with Crippen molar-refractivity contribution in [3.05, 3.63) is 70.9 Å². The van der Waals surface area contributed by atoms with E-state index in [-0.39, 0.29) is 23.9 Å². The lowest BCUT2D eigenvalue weighted by Gasteiger charge is -2.36. The minimum atomic E-state index is -1.03. The van der Waals surface area contributed by atoms with Crippen LogP contribution in [0.25, 0.3) is 0 Å². The molecular formula is C24H23NO5. The van der Waals surface area contributed by atoms with E-state index in [9.17, 15) is 19.8 Å². The van der Waals surface area contributed by atoms with Gasteiger partial charge in [-0.25, -0.2) is 0 Å². The fourth-order valence-corrected chi connectivity index (χ4v) is 4.68.